The normalized spacial score (nSPS) is 0. The Bertz CT molecular complexity index is 8.00. The van der Waals surface area contributed by atoms with E-state index in [9.17, 15) is 0 Å². The standard InChI is InChI=1S/Gd.Hf.Y.Zr. The van der Waals surface area contributed by atoms with Crippen LogP contribution in [-0.4, -0.2) is 0 Å². The van der Waals surface area contributed by atoms with Crippen LogP contribution in [0.1, 0.15) is 0 Å². The fraction of sp³-hybridized carbons (Fsp3) is 0. The van der Waals surface area contributed by atoms with Gasteiger partial charge in [-0.3, -0.25) is 0 Å². The van der Waals surface area contributed by atoms with Crippen molar-refractivity contribution in [2.24, 2.45) is 0 Å². The molecule has 0 fully saturated rings. The first-order valence-corrected chi connectivity index (χ1v) is 0. The van der Waals surface area contributed by atoms with Crippen molar-refractivity contribution < 1.29 is 125 Å². The van der Waals surface area contributed by atoms with E-state index in [0.717, 1.165) is 0 Å². The fourth-order valence-electron chi connectivity index (χ4n) is 0. The minimum Gasteiger partial charge on any atom is 0 e. The van der Waals surface area contributed by atoms with E-state index in [1.54, 1.807) is 0 Å². The van der Waals surface area contributed by atoms with E-state index >= 15 is 0 Å². The van der Waals surface area contributed by atoms with Gasteiger partial charge in [-0.15, -0.1) is 0 Å². The van der Waals surface area contributed by atoms with Crippen LogP contribution in [0.4, 0.5) is 0 Å². The van der Waals surface area contributed by atoms with Crippen LogP contribution in [0, 0.1) is 39.9 Å². The molecule has 0 rings (SSSR count). The second-order valence-corrected chi connectivity index (χ2v) is 0. The minimum absolute atomic E-state index is 0. The van der Waals surface area contributed by atoms with Crippen LogP contribution < -0.4 is 0 Å². The molecule has 0 aliphatic heterocycles. The number of hydrogen-bond donors (Lipinski definition) is 0. The molecule has 4 heteroatoms. The van der Waals surface area contributed by atoms with E-state index in [2.05, 4.69) is 0 Å². The van der Waals surface area contributed by atoms with Crippen molar-refractivity contribution in [1.29, 1.82) is 0 Å². The molecule has 0 spiro atoms. The van der Waals surface area contributed by atoms with Crippen LogP contribution >= 0.6 is 0 Å². The van der Waals surface area contributed by atoms with Crippen molar-refractivity contribution in [1.82, 2.24) is 0 Å². The summed E-state index contributed by atoms with van der Waals surface area (Å²) in [6, 6.07) is 0. The molecule has 0 N–H and O–H groups in total. The zero-order valence-electron chi connectivity index (χ0n) is 1.93. The first-order valence-electron chi connectivity index (χ1n) is 0. The van der Waals surface area contributed by atoms with E-state index in [1.807, 2.05) is 0 Å². The molecule has 0 nitrogen and oxygen atoms in total. The van der Waals surface area contributed by atoms with Gasteiger partial charge in [0.1, 0.15) is 0 Å². The van der Waals surface area contributed by atoms with Gasteiger partial charge in [0, 0.05) is 125 Å². The Kier molecular flexibility index (Phi) is 94.7. The van der Waals surface area contributed by atoms with E-state index < -0.39 is 0 Å². The Morgan fingerprint density at radius 1 is 1.00 bits per heavy atom. The zero-order valence-corrected chi connectivity index (χ0v) is 13.1. The summed E-state index contributed by atoms with van der Waals surface area (Å²) in [5, 5.41) is 0. The van der Waals surface area contributed by atoms with Crippen molar-refractivity contribution >= 4 is 0 Å². The summed E-state index contributed by atoms with van der Waals surface area (Å²) in [5.74, 6) is 0. The van der Waals surface area contributed by atoms with Crippen LogP contribution in [0.2, 0.25) is 0 Å². The van der Waals surface area contributed by atoms with Gasteiger partial charge >= 0.3 is 0 Å². The molecule has 4 heavy (non-hydrogen) atoms. The molecule has 1 radical (unpaired) electrons. The van der Waals surface area contributed by atoms with Crippen molar-refractivity contribution in [3.63, 3.8) is 0 Å². The molecule has 0 saturated heterocycles. The van der Waals surface area contributed by atoms with Gasteiger partial charge in [-0.2, -0.15) is 0 Å². The second-order valence-electron chi connectivity index (χ2n) is 0. The van der Waals surface area contributed by atoms with Crippen LogP contribution in [0.5, 0.6) is 0 Å². The predicted molar refractivity (Wildman–Crippen MR) is 0 cm³/mol. The molecule has 0 aromatic heterocycles. The summed E-state index contributed by atoms with van der Waals surface area (Å²) < 4.78 is 0. The molecule has 0 aromatic carbocycles. The van der Waals surface area contributed by atoms with E-state index in [-0.39, 0.29) is 125 Å². The van der Waals surface area contributed by atoms with Gasteiger partial charge in [-0.25, -0.2) is 0 Å². The Balaban J connectivity index is 0. The molecule has 0 unspecified atom stereocenters. The molecule has 0 atom stereocenters. The zero-order chi connectivity index (χ0) is 0. The van der Waals surface area contributed by atoms with Crippen LogP contribution in [0.3, 0.4) is 0 Å². The van der Waals surface area contributed by atoms with Crippen LogP contribution in [0.15, 0.2) is 0 Å². The Labute approximate surface area is 121 Å². The molecule has 0 bridgehead atoms. The molecule has 0 aromatic rings. The van der Waals surface area contributed by atoms with Gasteiger partial charge in [0.15, 0.2) is 0 Å². The Morgan fingerprint density at radius 3 is 1.00 bits per heavy atom. The van der Waals surface area contributed by atoms with Gasteiger partial charge < -0.3 is 0 Å². The van der Waals surface area contributed by atoms with Gasteiger partial charge in [-0.1, -0.05) is 0 Å². The minimum atomic E-state index is 0. The Morgan fingerprint density at radius 2 is 1.00 bits per heavy atom. The maximum atomic E-state index is 0. The first kappa shape index (κ1) is 24.1. The monoisotopic (exact) mass is 517 g/mol. The quantitative estimate of drug-likeness (QED) is 0.398. The van der Waals surface area contributed by atoms with Crippen LogP contribution in [0.25, 0.3) is 0 Å². The summed E-state index contributed by atoms with van der Waals surface area (Å²) >= 11 is 0. The van der Waals surface area contributed by atoms with Crippen LogP contribution in [-0.2, 0) is 84.8 Å². The predicted octanol–water partition coefficient (Wildman–Crippen LogP) is -0.00750. The Hall–Kier alpha value is 4.18. The van der Waals surface area contributed by atoms with Crippen molar-refractivity contribution in [3.8, 4) is 0 Å². The third-order valence-electron chi connectivity index (χ3n) is 0. The van der Waals surface area contributed by atoms with Crippen molar-refractivity contribution in [2.75, 3.05) is 0 Å². The molecule has 0 amide bonds. The summed E-state index contributed by atoms with van der Waals surface area (Å²) in [7, 11) is 0. The third-order valence-corrected chi connectivity index (χ3v) is 0. The van der Waals surface area contributed by atoms with E-state index in [4.69, 9.17) is 0 Å². The van der Waals surface area contributed by atoms with Crippen molar-refractivity contribution in [3.05, 3.63) is 0 Å². The first-order chi connectivity index (χ1) is 0. The second kappa shape index (κ2) is 15.7. The average molecular weight is 516 g/mol. The van der Waals surface area contributed by atoms with Gasteiger partial charge in [0.25, 0.3) is 0 Å². The molecule has 0 aliphatic carbocycles. The summed E-state index contributed by atoms with van der Waals surface area (Å²) in [6.07, 6.45) is 0. The fourth-order valence-corrected chi connectivity index (χ4v) is 0. The smallest absolute Gasteiger partial charge is 0 e. The van der Waals surface area contributed by atoms with E-state index in [0.29, 0.717) is 0 Å². The largest absolute Gasteiger partial charge is 0 e. The molecule has 0 aliphatic rings. The average Bonchev–Trinajstić information content (AvgIpc) is 0. The van der Waals surface area contributed by atoms with Crippen molar-refractivity contribution in [2.45, 2.75) is 0 Å². The number of rotatable bonds is 0. The summed E-state index contributed by atoms with van der Waals surface area (Å²) in [5.41, 5.74) is 0. The maximum absolute atomic E-state index is 0. The van der Waals surface area contributed by atoms with Gasteiger partial charge in [0.05, 0.1) is 0 Å². The molecular formula is GdHfYZr. The maximum Gasteiger partial charge on any atom is 0 e. The molecule has 0 saturated carbocycles. The summed E-state index contributed by atoms with van der Waals surface area (Å²) in [4.78, 5) is 0. The molecule has 0 heterocycles. The summed E-state index contributed by atoms with van der Waals surface area (Å²) in [6.45, 7) is 0. The van der Waals surface area contributed by atoms with Gasteiger partial charge in [-0.05, 0) is 0 Å². The third kappa shape index (κ3) is 9.49. The molecular weight excluding hydrogens is 516 g/mol. The van der Waals surface area contributed by atoms with Gasteiger partial charge in [0.2, 0.25) is 0 Å². The van der Waals surface area contributed by atoms with E-state index in [1.165, 1.54) is 0 Å². The SMILES string of the molecule is [Gd].[Hf].[Y].[Zr]. The molecule has 19 valence electrons. The number of hydrogen-bond acceptors (Lipinski definition) is 0. The topological polar surface area (TPSA) is 0 Å².